The van der Waals surface area contributed by atoms with Gasteiger partial charge in [0.15, 0.2) is 17.2 Å². The number of methoxy groups -OCH3 is 2. The Labute approximate surface area is 179 Å². The van der Waals surface area contributed by atoms with Crippen LogP contribution in [0.4, 0.5) is 4.39 Å². The Kier molecular flexibility index (Phi) is 7.19. The van der Waals surface area contributed by atoms with Crippen molar-refractivity contribution in [1.29, 1.82) is 0 Å². The van der Waals surface area contributed by atoms with Gasteiger partial charge in [0, 0.05) is 7.11 Å². The zero-order valence-corrected chi connectivity index (χ0v) is 17.9. The summed E-state index contributed by atoms with van der Waals surface area (Å²) in [6, 6.07) is 11.0. The molecule has 1 heterocycles. The molecule has 1 atom stereocenters. The van der Waals surface area contributed by atoms with Crippen LogP contribution >= 0.6 is 0 Å². The van der Waals surface area contributed by atoms with Crippen molar-refractivity contribution >= 4 is 5.91 Å². The van der Waals surface area contributed by atoms with Crippen LogP contribution in [0.25, 0.3) is 5.69 Å². The minimum Gasteiger partial charge on any atom is -0.493 e. The second-order valence-electron chi connectivity index (χ2n) is 6.86. The monoisotopic (exact) mass is 428 g/mol. The standard InChI is InChI=1S/C22H25FN4O4/c1-14(16-5-10-19(20(13-16)30-4)31-12-11-29-3)24-22(28)21-15(2)27(26-25-21)18-8-6-17(23)7-9-18/h5-10,13-14H,11-12H2,1-4H3,(H,24,28). The van der Waals surface area contributed by atoms with E-state index in [2.05, 4.69) is 15.6 Å². The van der Waals surface area contributed by atoms with E-state index in [-0.39, 0.29) is 23.5 Å². The van der Waals surface area contributed by atoms with Crippen molar-refractivity contribution in [3.8, 4) is 17.2 Å². The summed E-state index contributed by atoms with van der Waals surface area (Å²) in [6.07, 6.45) is 0. The van der Waals surface area contributed by atoms with Gasteiger partial charge < -0.3 is 19.5 Å². The molecule has 31 heavy (non-hydrogen) atoms. The number of ether oxygens (including phenoxy) is 3. The number of amides is 1. The Bertz CT molecular complexity index is 1040. The molecule has 9 heteroatoms. The summed E-state index contributed by atoms with van der Waals surface area (Å²) in [5.41, 5.74) is 2.21. The lowest BCUT2D eigenvalue weighted by molar-refractivity contribution is 0.0934. The topological polar surface area (TPSA) is 87.5 Å². The van der Waals surface area contributed by atoms with Gasteiger partial charge in [0.05, 0.1) is 31.1 Å². The maximum absolute atomic E-state index is 13.2. The Morgan fingerprint density at radius 2 is 1.87 bits per heavy atom. The van der Waals surface area contributed by atoms with Crippen molar-refractivity contribution in [2.45, 2.75) is 19.9 Å². The summed E-state index contributed by atoms with van der Waals surface area (Å²) in [6.45, 7) is 4.47. The van der Waals surface area contributed by atoms with Crippen molar-refractivity contribution in [3.63, 3.8) is 0 Å². The molecule has 0 aliphatic carbocycles. The minimum absolute atomic E-state index is 0.197. The summed E-state index contributed by atoms with van der Waals surface area (Å²) < 4.78 is 30.7. The van der Waals surface area contributed by atoms with Gasteiger partial charge in [0.2, 0.25) is 0 Å². The number of nitrogens with one attached hydrogen (secondary N) is 1. The molecule has 3 aromatic rings. The number of carbonyl (C=O) groups is 1. The van der Waals surface area contributed by atoms with E-state index in [1.165, 1.54) is 16.8 Å². The zero-order chi connectivity index (χ0) is 22.4. The molecule has 0 radical (unpaired) electrons. The highest BCUT2D eigenvalue weighted by Gasteiger charge is 2.20. The molecular weight excluding hydrogens is 403 g/mol. The Balaban J connectivity index is 1.72. The summed E-state index contributed by atoms with van der Waals surface area (Å²) in [7, 11) is 3.16. The number of benzene rings is 2. The van der Waals surface area contributed by atoms with E-state index in [4.69, 9.17) is 14.2 Å². The Morgan fingerprint density at radius 3 is 2.55 bits per heavy atom. The molecule has 0 spiro atoms. The van der Waals surface area contributed by atoms with Gasteiger partial charge in [-0.25, -0.2) is 9.07 Å². The SMILES string of the molecule is COCCOc1ccc(C(C)NC(=O)c2nnn(-c3ccc(F)cc3)c2C)cc1OC. The first kappa shape index (κ1) is 22.2. The average molecular weight is 428 g/mol. The summed E-state index contributed by atoms with van der Waals surface area (Å²) in [5.74, 6) is 0.449. The lowest BCUT2D eigenvalue weighted by atomic mass is 10.1. The van der Waals surface area contributed by atoms with E-state index in [0.29, 0.717) is 36.1 Å². The molecule has 1 amide bonds. The predicted molar refractivity (Wildman–Crippen MR) is 112 cm³/mol. The highest BCUT2D eigenvalue weighted by atomic mass is 19.1. The second-order valence-corrected chi connectivity index (χ2v) is 6.86. The molecule has 0 saturated carbocycles. The van der Waals surface area contributed by atoms with Crippen molar-refractivity contribution < 1.29 is 23.4 Å². The largest absolute Gasteiger partial charge is 0.493 e. The van der Waals surface area contributed by atoms with Gasteiger partial charge in [-0.1, -0.05) is 11.3 Å². The van der Waals surface area contributed by atoms with E-state index in [9.17, 15) is 9.18 Å². The van der Waals surface area contributed by atoms with Crippen molar-refractivity contribution in [3.05, 3.63) is 65.2 Å². The lowest BCUT2D eigenvalue weighted by Crippen LogP contribution is -2.27. The number of carbonyl (C=O) groups excluding carboxylic acids is 1. The van der Waals surface area contributed by atoms with Crippen molar-refractivity contribution in [2.24, 2.45) is 0 Å². The number of aromatic nitrogens is 3. The van der Waals surface area contributed by atoms with Gasteiger partial charge in [0.1, 0.15) is 12.4 Å². The number of rotatable bonds is 9. The highest BCUT2D eigenvalue weighted by molar-refractivity contribution is 5.93. The first-order valence-electron chi connectivity index (χ1n) is 9.73. The molecule has 0 fully saturated rings. The van der Waals surface area contributed by atoms with Crippen LogP contribution in [0.5, 0.6) is 11.5 Å². The number of halogens is 1. The molecule has 1 aromatic heterocycles. The third kappa shape index (κ3) is 5.18. The maximum atomic E-state index is 13.2. The summed E-state index contributed by atoms with van der Waals surface area (Å²) in [4.78, 5) is 12.8. The van der Waals surface area contributed by atoms with E-state index in [1.54, 1.807) is 39.3 Å². The second kappa shape index (κ2) is 10.0. The van der Waals surface area contributed by atoms with Crippen LogP contribution in [0.3, 0.4) is 0 Å². The van der Waals surface area contributed by atoms with Crippen LogP contribution < -0.4 is 14.8 Å². The van der Waals surface area contributed by atoms with Crippen LogP contribution in [-0.2, 0) is 4.74 Å². The fraction of sp³-hybridized carbons (Fsp3) is 0.318. The van der Waals surface area contributed by atoms with Crippen LogP contribution in [0.1, 0.15) is 34.7 Å². The van der Waals surface area contributed by atoms with Gasteiger partial charge in [-0.2, -0.15) is 0 Å². The Morgan fingerprint density at radius 1 is 1.13 bits per heavy atom. The highest BCUT2D eigenvalue weighted by Crippen LogP contribution is 2.30. The third-order valence-corrected chi connectivity index (χ3v) is 4.76. The number of hydrogen-bond acceptors (Lipinski definition) is 6. The number of hydrogen-bond donors (Lipinski definition) is 1. The first-order chi connectivity index (χ1) is 14.9. The molecule has 1 unspecified atom stereocenters. The van der Waals surface area contributed by atoms with E-state index in [0.717, 1.165) is 5.56 Å². The molecule has 8 nitrogen and oxygen atoms in total. The van der Waals surface area contributed by atoms with Crippen molar-refractivity contribution in [1.82, 2.24) is 20.3 Å². The van der Waals surface area contributed by atoms with Crippen LogP contribution in [0, 0.1) is 12.7 Å². The van der Waals surface area contributed by atoms with Crippen LogP contribution in [0.15, 0.2) is 42.5 Å². The average Bonchev–Trinajstić information content (AvgIpc) is 3.16. The fourth-order valence-electron chi connectivity index (χ4n) is 3.02. The van der Waals surface area contributed by atoms with E-state index < -0.39 is 0 Å². The minimum atomic E-state index is -0.363. The molecule has 0 saturated heterocycles. The van der Waals surface area contributed by atoms with Crippen molar-refractivity contribution in [2.75, 3.05) is 27.4 Å². The van der Waals surface area contributed by atoms with Gasteiger partial charge in [-0.3, -0.25) is 4.79 Å². The fourth-order valence-corrected chi connectivity index (χ4v) is 3.02. The normalized spacial score (nSPS) is 11.8. The zero-order valence-electron chi connectivity index (χ0n) is 17.9. The molecule has 164 valence electrons. The lowest BCUT2D eigenvalue weighted by Gasteiger charge is -2.17. The molecule has 1 N–H and O–H groups in total. The molecule has 3 rings (SSSR count). The van der Waals surface area contributed by atoms with Crippen LogP contribution in [0.2, 0.25) is 0 Å². The van der Waals surface area contributed by atoms with E-state index in [1.807, 2.05) is 19.1 Å². The smallest absolute Gasteiger partial charge is 0.274 e. The Hall–Kier alpha value is -3.46. The third-order valence-electron chi connectivity index (χ3n) is 4.76. The van der Waals surface area contributed by atoms with Gasteiger partial charge >= 0.3 is 0 Å². The van der Waals surface area contributed by atoms with E-state index >= 15 is 0 Å². The summed E-state index contributed by atoms with van der Waals surface area (Å²) in [5, 5.41) is 10.9. The maximum Gasteiger partial charge on any atom is 0.274 e. The quantitative estimate of drug-likeness (QED) is 0.527. The molecule has 0 aliphatic heterocycles. The summed E-state index contributed by atoms with van der Waals surface area (Å²) >= 11 is 0. The predicted octanol–water partition coefficient (Wildman–Crippen LogP) is 3.24. The van der Waals surface area contributed by atoms with Gasteiger partial charge in [-0.15, -0.1) is 5.10 Å². The van der Waals surface area contributed by atoms with Gasteiger partial charge in [-0.05, 0) is 55.8 Å². The molecule has 0 aliphatic rings. The van der Waals surface area contributed by atoms with Gasteiger partial charge in [0.25, 0.3) is 5.91 Å². The molecule has 0 bridgehead atoms. The first-order valence-corrected chi connectivity index (χ1v) is 9.73. The van der Waals surface area contributed by atoms with Crippen LogP contribution in [-0.4, -0.2) is 48.3 Å². The molecular formula is C22H25FN4O4. The number of nitrogens with zero attached hydrogens (tertiary/aromatic N) is 3. The molecule has 2 aromatic carbocycles.